The molecule has 3 heterocycles. The maximum absolute atomic E-state index is 14.3. The molecule has 43 heavy (non-hydrogen) atoms. The largest absolute Gasteiger partial charge is 0.416 e. The fraction of sp³-hybridized carbons (Fsp3) is 0.500. The molecule has 230 valence electrons. The normalized spacial score (nSPS) is 22.1. The van der Waals surface area contributed by atoms with Crippen LogP contribution in [-0.2, 0) is 47.6 Å². The average Bonchev–Trinajstić information content (AvgIpc) is 3.58. The Kier molecular flexibility index (Phi) is 7.13. The molecule has 1 atom stereocenters. The van der Waals surface area contributed by atoms with Gasteiger partial charge in [-0.15, -0.1) is 10.2 Å². The third-order valence-corrected chi connectivity index (χ3v) is 8.44. The molecule has 0 bridgehead atoms. The number of rotatable bonds is 8. The number of anilines is 1. The number of aryl methyl sites for hydroxylation is 1. The van der Waals surface area contributed by atoms with E-state index in [1.807, 2.05) is 0 Å². The minimum atomic E-state index is -4.68. The number of fused-ring (bicyclic) bond motifs is 1. The summed E-state index contributed by atoms with van der Waals surface area (Å²) in [6.07, 6.45) is -4.04. The van der Waals surface area contributed by atoms with Crippen LogP contribution in [-0.4, -0.2) is 51.6 Å². The Bertz CT molecular complexity index is 1550. The maximum Gasteiger partial charge on any atom is 0.416 e. The molecule has 1 saturated carbocycles. The summed E-state index contributed by atoms with van der Waals surface area (Å²) in [4.78, 5) is 14.9. The molecular weight excluding hydrogens is 573 g/mol. The Labute approximate surface area is 245 Å². The van der Waals surface area contributed by atoms with Gasteiger partial charge in [0.15, 0.2) is 5.79 Å². The molecule has 8 nitrogen and oxygen atoms in total. The van der Waals surface area contributed by atoms with E-state index in [9.17, 15) is 26.7 Å². The van der Waals surface area contributed by atoms with Crippen LogP contribution in [0.25, 0.3) is 0 Å². The first-order valence-corrected chi connectivity index (χ1v) is 14.0. The zero-order valence-corrected chi connectivity index (χ0v) is 24.0. The number of benzene rings is 2. The Morgan fingerprint density at radius 2 is 1.91 bits per heavy atom. The molecule has 1 aromatic heterocycles. The number of hydrogen-bond donors (Lipinski definition) is 1. The smallest absolute Gasteiger partial charge is 0.348 e. The van der Waals surface area contributed by atoms with Crippen LogP contribution < -0.4 is 10.2 Å². The van der Waals surface area contributed by atoms with Gasteiger partial charge in [0.1, 0.15) is 12.2 Å². The number of carbonyl (C=O) groups is 1. The van der Waals surface area contributed by atoms with Crippen LogP contribution in [0.2, 0.25) is 0 Å². The van der Waals surface area contributed by atoms with Gasteiger partial charge in [0.25, 0.3) is 5.91 Å². The molecule has 2 fully saturated rings. The number of hydrogen-bond acceptors (Lipinski definition) is 6. The van der Waals surface area contributed by atoms with Crippen LogP contribution in [0.15, 0.2) is 42.7 Å². The molecule has 2 aliphatic heterocycles. The summed E-state index contributed by atoms with van der Waals surface area (Å²) in [7, 11) is 1.73. The number of amides is 1. The fourth-order valence-electron chi connectivity index (χ4n) is 6.42. The van der Waals surface area contributed by atoms with Gasteiger partial charge in [-0.25, -0.2) is 8.78 Å². The third-order valence-electron chi connectivity index (χ3n) is 8.44. The molecule has 0 spiro atoms. The minimum Gasteiger partial charge on any atom is -0.348 e. The van der Waals surface area contributed by atoms with E-state index >= 15 is 0 Å². The van der Waals surface area contributed by atoms with Crippen molar-refractivity contribution in [1.82, 2.24) is 20.1 Å². The van der Waals surface area contributed by atoms with E-state index in [0.717, 1.165) is 6.07 Å². The van der Waals surface area contributed by atoms with Crippen molar-refractivity contribution in [3.8, 4) is 0 Å². The van der Waals surface area contributed by atoms with Gasteiger partial charge >= 0.3 is 6.18 Å². The Balaban J connectivity index is 1.26. The van der Waals surface area contributed by atoms with Gasteiger partial charge in [-0.3, -0.25) is 4.79 Å². The monoisotopic (exact) mass is 605 g/mol. The van der Waals surface area contributed by atoms with Gasteiger partial charge in [-0.2, -0.15) is 13.2 Å². The van der Waals surface area contributed by atoms with Crippen molar-refractivity contribution in [3.05, 3.63) is 76.4 Å². The highest BCUT2D eigenvalue weighted by Crippen LogP contribution is 2.55. The summed E-state index contributed by atoms with van der Waals surface area (Å²) in [5.41, 5.74) is -0.715. The number of alkyl halides is 5. The zero-order valence-electron chi connectivity index (χ0n) is 24.0. The second kappa shape index (κ2) is 10.3. The highest BCUT2D eigenvalue weighted by molar-refractivity contribution is 6.10. The molecule has 3 aliphatic rings. The van der Waals surface area contributed by atoms with Gasteiger partial charge < -0.3 is 24.3 Å². The summed E-state index contributed by atoms with van der Waals surface area (Å²) in [6.45, 7) is 4.11. The Morgan fingerprint density at radius 1 is 1.14 bits per heavy atom. The first-order chi connectivity index (χ1) is 20.1. The van der Waals surface area contributed by atoms with Crippen molar-refractivity contribution in [2.24, 2.45) is 7.05 Å². The van der Waals surface area contributed by atoms with Crippen molar-refractivity contribution in [2.45, 2.75) is 75.6 Å². The van der Waals surface area contributed by atoms with Crippen LogP contribution in [0.5, 0.6) is 0 Å². The Morgan fingerprint density at radius 3 is 2.53 bits per heavy atom. The Hall–Kier alpha value is -3.42. The van der Waals surface area contributed by atoms with E-state index < -0.39 is 47.6 Å². The summed E-state index contributed by atoms with van der Waals surface area (Å²) in [5, 5.41) is 11.0. The third kappa shape index (κ3) is 5.77. The zero-order chi connectivity index (χ0) is 30.8. The lowest BCUT2D eigenvalue weighted by Crippen LogP contribution is -2.51. The first-order valence-electron chi connectivity index (χ1n) is 14.0. The van der Waals surface area contributed by atoms with Crippen LogP contribution in [0.4, 0.5) is 27.6 Å². The molecule has 1 amide bonds. The SMILES string of the molecule is Cn1cnnc1CC1(c2cccc(N3Cc4c(cc(CNCC5COC(C)(C)O5)cc4C(F)(F)F)C3=O)c2)CC(F)(F)C1. The molecule has 1 saturated heterocycles. The van der Waals surface area contributed by atoms with Gasteiger partial charge in [0, 0.05) is 56.1 Å². The summed E-state index contributed by atoms with van der Waals surface area (Å²) >= 11 is 0. The second-order valence-corrected chi connectivity index (χ2v) is 12.2. The molecule has 13 heteroatoms. The quantitative estimate of drug-likeness (QED) is 0.358. The molecule has 6 rings (SSSR count). The minimum absolute atomic E-state index is 0.0254. The number of nitrogens with zero attached hydrogens (tertiary/aromatic N) is 4. The van der Waals surface area contributed by atoms with Crippen LogP contribution in [0, 0.1) is 0 Å². The van der Waals surface area contributed by atoms with Gasteiger partial charge in [-0.05, 0) is 54.8 Å². The van der Waals surface area contributed by atoms with E-state index in [1.165, 1.54) is 17.3 Å². The van der Waals surface area contributed by atoms with E-state index in [-0.39, 0.29) is 36.7 Å². The number of halogens is 5. The van der Waals surface area contributed by atoms with Crippen molar-refractivity contribution >= 4 is 11.6 Å². The van der Waals surface area contributed by atoms with Crippen molar-refractivity contribution < 1.29 is 36.2 Å². The number of aromatic nitrogens is 3. The molecule has 3 aromatic rings. The number of carbonyl (C=O) groups excluding carboxylic acids is 1. The topological polar surface area (TPSA) is 81.5 Å². The molecule has 0 radical (unpaired) electrons. The molecule has 1 N–H and O–H groups in total. The predicted octanol–water partition coefficient (Wildman–Crippen LogP) is 5.15. The first kappa shape index (κ1) is 29.6. The number of nitrogens with one attached hydrogen (secondary N) is 1. The predicted molar refractivity (Wildman–Crippen MR) is 146 cm³/mol. The van der Waals surface area contributed by atoms with Gasteiger partial charge in [-0.1, -0.05) is 12.1 Å². The lowest BCUT2D eigenvalue weighted by molar-refractivity contribution is -0.138. The number of ether oxygens (including phenoxy) is 2. The van der Waals surface area contributed by atoms with E-state index in [0.29, 0.717) is 35.8 Å². The lowest BCUT2D eigenvalue weighted by Gasteiger charge is -2.48. The lowest BCUT2D eigenvalue weighted by atomic mass is 9.60. The summed E-state index contributed by atoms with van der Waals surface area (Å²) in [6, 6.07) is 9.17. The van der Waals surface area contributed by atoms with Crippen molar-refractivity contribution in [1.29, 1.82) is 0 Å². The molecule has 1 unspecified atom stereocenters. The van der Waals surface area contributed by atoms with E-state index in [4.69, 9.17) is 9.47 Å². The maximum atomic E-state index is 14.3. The van der Waals surface area contributed by atoms with Gasteiger partial charge in [0.2, 0.25) is 5.92 Å². The standard InChI is InChI=1S/C30H32F5N5O3/c1-27(2)42-14-21(43-27)12-36-11-18-7-22-23(24(8-18)30(33,34)35)13-40(26(22)41)20-6-4-5-19(9-20)28(15-29(31,32)16-28)10-25-38-37-17-39(25)3/h4-9,17,21,36H,10-16H2,1-3H3. The fourth-order valence-corrected chi connectivity index (χ4v) is 6.42. The molecule has 1 aliphatic carbocycles. The highest BCUT2D eigenvalue weighted by atomic mass is 19.4. The summed E-state index contributed by atoms with van der Waals surface area (Å²) < 4.78 is 84.1. The van der Waals surface area contributed by atoms with E-state index in [1.54, 1.807) is 49.7 Å². The van der Waals surface area contributed by atoms with Gasteiger partial charge in [0.05, 0.1) is 24.8 Å². The second-order valence-electron chi connectivity index (χ2n) is 12.2. The molecule has 2 aromatic carbocycles. The van der Waals surface area contributed by atoms with Crippen LogP contribution in [0.3, 0.4) is 0 Å². The van der Waals surface area contributed by atoms with Crippen molar-refractivity contribution in [3.63, 3.8) is 0 Å². The average molecular weight is 606 g/mol. The molecular formula is C30H32F5N5O3. The summed E-state index contributed by atoms with van der Waals surface area (Å²) in [5.74, 6) is -3.61. The van der Waals surface area contributed by atoms with Crippen molar-refractivity contribution in [2.75, 3.05) is 18.1 Å². The highest BCUT2D eigenvalue weighted by Gasteiger charge is 2.57. The van der Waals surface area contributed by atoms with Crippen LogP contribution in [0.1, 0.15) is 65.1 Å². The van der Waals surface area contributed by atoms with E-state index in [2.05, 4.69) is 15.5 Å². The van der Waals surface area contributed by atoms with Crippen LogP contribution >= 0.6 is 0 Å².